The van der Waals surface area contributed by atoms with Gasteiger partial charge in [0, 0.05) is 0 Å². The molecule has 0 bridgehead atoms. The van der Waals surface area contributed by atoms with E-state index in [2.05, 4.69) is 0 Å². The predicted molar refractivity (Wildman–Crippen MR) is 50.7 cm³/mol. The first-order chi connectivity index (χ1) is 6.77. The first-order valence-electron chi connectivity index (χ1n) is 4.43. The first-order valence-corrected chi connectivity index (χ1v) is 4.43. The average Bonchev–Trinajstić information content (AvgIpc) is 2.60. The second-order valence-electron chi connectivity index (χ2n) is 3.26. The van der Waals surface area contributed by atoms with E-state index >= 15 is 0 Å². The van der Waals surface area contributed by atoms with Crippen molar-refractivity contribution in [1.29, 1.82) is 0 Å². The summed E-state index contributed by atoms with van der Waals surface area (Å²) in [7, 11) is -0.973. The molecule has 1 aliphatic rings. The highest BCUT2D eigenvalue weighted by Crippen LogP contribution is 2.17. The fraction of sp³-hybridized carbons (Fsp3) is 0.333. The Balaban J connectivity index is 2.56. The summed E-state index contributed by atoms with van der Waals surface area (Å²) >= 11 is 0. The van der Waals surface area contributed by atoms with Crippen molar-refractivity contribution in [3.8, 4) is 0 Å². The average molecular weight is 194 g/mol. The predicted octanol–water partition coefficient (Wildman–Crippen LogP) is -1.11. The molecule has 1 aromatic rings. The van der Waals surface area contributed by atoms with E-state index in [1.165, 1.54) is 0 Å². The quantitative estimate of drug-likeness (QED) is 0.522. The lowest BCUT2D eigenvalue weighted by molar-refractivity contribution is 0.262. The van der Waals surface area contributed by atoms with Crippen LogP contribution in [0.5, 0.6) is 0 Å². The molecule has 1 aliphatic heterocycles. The summed E-state index contributed by atoms with van der Waals surface area (Å²) in [6, 6.07) is 3.44. The van der Waals surface area contributed by atoms with Crippen molar-refractivity contribution in [3.05, 3.63) is 28.8 Å². The van der Waals surface area contributed by atoms with Gasteiger partial charge in [-0.3, -0.25) is 0 Å². The van der Waals surface area contributed by atoms with Crippen molar-refractivity contribution in [3.63, 3.8) is 0 Å². The molecule has 0 fully saturated rings. The molecule has 0 saturated carbocycles. The maximum absolute atomic E-state index is 9.50. The maximum atomic E-state index is 9.50. The van der Waals surface area contributed by atoms with Gasteiger partial charge in [-0.05, 0) is 22.2 Å². The fourth-order valence-electron chi connectivity index (χ4n) is 1.77. The number of fused-ring (bicyclic) bond motifs is 1. The Morgan fingerprint density at radius 3 is 2.50 bits per heavy atom. The second-order valence-corrected chi connectivity index (χ2v) is 3.26. The third-order valence-electron chi connectivity index (χ3n) is 2.52. The van der Waals surface area contributed by atoms with Gasteiger partial charge in [0.1, 0.15) is 0 Å². The Bertz CT molecular complexity index is 353. The van der Waals surface area contributed by atoms with E-state index in [1.54, 1.807) is 12.1 Å². The maximum Gasteiger partial charge on any atom is 0.492 e. The molecule has 0 unspecified atom stereocenters. The van der Waals surface area contributed by atoms with E-state index in [0.29, 0.717) is 17.6 Å². The summed E-state index contributed by atoms with van der Waals surface area (Å²) in [5.74, 6) is 0. The molecule has 14 heavy (non-hydrogen) atoms. The Morgan fingerprint density at radius 2 is 1.86 bits per heavy atom. The van der Waals surface area contributed by atoms with Gasteiger partial charge in [-0.1, -0.05) is 12.1 Å². The topological polar surface area (TPSA) is 69.9 Å². The van der Waals surface area contributed by atoms with E-state index in [9.17, 15) is 5.02 Å². The molecule has 0 spiro atoms. The summed E-state index contributed by atoms with van der Waals surface area (Å²) in [6.45, 7) is 0.0822. The van der Waals surface area contributed by atoms with E-state index < -0.39 is 7.12 Å². The van der Waals surface area contributed by atoms with Gasteiger partial charge in [0.15, 0.2) is 0 Å². The van der Waals surface area contributed by atoms with Crippen LogP contribution in [0.25, 0.3) is 0 Å². The highest BCUT2D eigenvalue weighted by Gasteiger charge is 2.31. The fourth-order valence-corrected chi connectivity index (χ4v) is 1.77. The van der Waals surface area contributed by atoms with E-state index in [4.69, 9.17) is 14.9 Å². The molecule has 5 heteroatoms. The van der Waals surface area contributed by atoms with Gasteiger partial charge >= 0.3 is 7.12 Å². The number of hydrogen-bond donors (Lipinski definition) is 3. The van der Waals surface area contributed by atoms with Crippen LogP contribution in [-0.2, 0) is 24.5 Å². The highest BCUT2D eigenvalue weighted by molar-refractivity contribution is 6.62. The minimum atomic E-state index is -0.973. The molecule has 0 atom stereocenters. The number of benzene rings is 1. The van der Waals surface area contributed by atoms with Crippen LogP contribution in [0.4, 0.5) is 0 Å². The molecule has 74 valence electrons. The van der Waals surface area contributed by atoms with Crippen LogP contribution in [0.15, 0.2) is 12.1 Å². The lowest BCUT2D eigenvalue weighted by atomic mass is 9.75. The van der Waals surface area contributed by atoms with Crippen molar-refractivity contribution in [1.82, 2.24) is 0 Å². The number of hydrogen-bond acceptors (Lipinski definition) is 4. The number of aliphatic hydroxyl groups excluding tert-OH is 2. The lowest BCUT2D eigenvalue weighted by Crippen LogP contribution is -2.32. The van der Waals surface area contributed by atoms with Crippen LogP contribution in [0.3, 0.4) is 0 Å². The molecule has 0 aliphatic carbocycles. The minimum absolute atomic E-state index is 0.0792. The van der Waals surface area contributed by atoms with Gasteiger partial charge < -0.3 is 19.9 Å². The van der Waals surface area contributed by atoms with Crippen molar-refractivity contribution in [2.24, 2.45) is 0 Å². The van der Waals surface area contributed by atoms with Gasteiger partial charge in [-0.15, -0.1) is 0 Å². The largest absolute Gasteiger partial charge is 0.492 e. The zero-order valence-corrected chi connectivity index (χ0v) is 7.60. The summed E-state index contributed by atoms with van der Waals surface area (Å²) in [5, 5.41) is 27.6. The Labute approximate surface area is 81.9 Å². The van der Waals surface area contributed by atoms with Crippen LogP contribution < -0.4 is 5.46 Å². The minimum Gasteiger partial charge on any atom is -0.423 e. The number of aliphatic hydroxyl groups is 2. The third kappa shape index (κ3) is 1.34. The molecule has 1 aromatic carbocycles. The normalized spacial score (nSPS) is 14.6. The van der Waals surface area contributed by atoms with E-state index in [1.807, 2.05) is 0 Å². The highest BCUT2D eigenvalue weighted by atomic mass is 16.5. The Morgan fingerprint density at radius 1 is 1.21 bits per heavy atom. The Kier molecular flexibility index (Phi) is 2.56. The van der Waals surface area contributed by atoms with Gasteiger partial charge in [0.05, 0.1) is 19.8 Å². The van der Waals surface area contributed by atoms with Gasteiger partial charge in [-0.25, -0.2) is 0 Å². The van der Waals surface area contributed by atoms with Gasteiger partial charge in [0.2, 0.25) is 0 Å². The molecule has 3 N–H and O–H groups in total. The molecule has 0 aromatic heterocycles. The van der Waals surface area contributed by atoms with Gasteiger partial charge in [-0.2, -0.15) is 0 Å². The molecule has 2 rings (SSSR count). The summed E-state index contributed by atoms with van der Waals surface area (Å²) in [4.78, 5) is 0. The van der Waals surface area contributed by atoms with Crippen LogP contribution in [0.2, 0.25) is 0 Å². The third-order valence-corrected chi connectivity index (χ3v) is 2.52. The first kappa shape index (κ1) is 9.67. The molecule has 0 radical (unpaired) electrons. The zero-order chi connectivity index (χ0) is 10.1. The monoisotopic (exact) mass is 194 g/mol. The number of rotatable bonds is 2. The van der Waals surface area contributed by atoms with Crippen LogP contribution in [0.1, 0.15) is 16.7 Å². The van der Waals surface area contributed by atoms with Crippen LogP contribution in [-0.4, -0.2) is 22.4 Å². The molecular formula is C9H11BO4. The van der Waals surface area contributed by atoms with Crippen molar-refractivity contribution in [2.45, 2.75) is 19.8 Å². The SMILES string of the molecule is OCc1ccc(CO)c2c1COB2O. The molecule has 0 saturated heterocycles. The molecule has 4 nitrogen and oxygen atoms in total. The lowest BCUT2D eigenvalue weighted by Gasteiger charge is -2.08. The molecule has 0 amide bonds. The molecular weight excluding hydrogens is 183 g/mol. The van der Waals surface area contributed by atoms with Crippen LogP contribution in [0, 0.1) is 0 Å². The molecule has 1 heterocycles. The standard InChI is InChI=1S/C9H11BO4/c11-3-6-1-2-7(4-12)9-8(6)5-14-10(9)13/h1-2,11-13H,3-5H2. The van der Waals surface area contributed by atoms with Crippen LogP contribution >= 0.6 is 0 Å². The smallest absolute Gasteiger partial charge is 0.423 e. The second kappa shape index (κ2) is 3.71. The summed E-state index contributed by atoms with van der Waals surface area (Å²) in [5.41, 5.74) is 2.81. The Hall–Kier alpha value is -0.875. The van der Waals surface area contributed by atoms with Gasteiger partial charge in [0.25, 0.3) is 0 Å². The van der Waals surface area contributed by atoms with E-state index in [0.717, 1.165) is 11.1 Å². The zero-order valence-electron chi connectivity index (χ0n) is 7.60. The van der Waals surface area contributed by atoms with Crippen molar-refractivity contribution < 1.29 is 19.9 Å². The van der Waals surface area contributed by atoms with E-state index in [-0.39, 0.29) is 13.2 Å². The summed E-state index contributed by atoms with van der Waals surface area (Å²) in [6.07, 6.45) is 0. The summed E-state index contributed by atoms with van der Waals surface area (Å²) < 4.78 is 5.04. The van der Waals surface area contributed by atoms with Crippen molar-refractivity contribution >= 4 is 12.6 Å². The van der Waals surface area contributed by atoms with Crippen molar-refractivity contribution in [2.75, 3.05) is 0 Å².